The monoisotopic (exact) mass is 301 g/mol. The number of rotatable bonds is 4. The van der Waals surface area contributed by atoms with E-state index in [4.69, 9.17) is 4.74 Å². The standard InChI is InChI=1S/C19H15N3O/c1-2-4-14(5-3-1)13-23-16-8-6-15(7-9-16)17-12-18-19(22-17)21-11-10-20-18/h1-12H,13H2,(H,21,22). The number of nitrogens with one attached hydrogen (secondary N) is 1. The molecule has 2 heterocycles. The molecule has 0 atom stereocenters. The zero-order valence-electron chi connectivity index (χ0n) is 12.4. The van der Waals surface area contributed by atoms with Crippen LogP contribution in [0.2, 0.25) is 0 Å². The Balaban J connectivity index is 1.51. The molecule has 4 aromatic rings. The third kappa shape index (κ3) is 2.92. The number of hydrogen-bond donors (Lipinski definition) is 1. The summed E-state index contributed by atoms with van der Waals surface area (Å²) >= 11 is 0. The van der Waals surface area contributed by atoms with Crippen LogP contribution in [0, 0.1) is 0 Å². The van der Waals surface area contributed by atoms with Gasteiger partial charge in [0.25, 0.3) is 0 Å². The van der Waals surface area contributed by atoms with Gasteiger partial charge in [-0.15, -0.1) is 0 Å². The maximum atomic E-state index is 5.81. The van der Waals surface area contributed by atoms with Crippen molar-refractivity contribution in [2.24, 2.45) is 0 Å². The summed E-state index contributed by atoms with van der Waals surface area (Å²) in [6.45, 7) is 0.570. The van der Waals surface area contributed by atoms with E-state index in [1.807, 2.05) is 48.5 Å². The predicted octanol–water partition coefficient (Wildman–Crippen LogP) is 4.20. The lowest BCUT2D eigenvalue weighted by molar-refractivity contribution is 0.306. The summed E-state index contributed by atoms with van der Waals surface area (Å²) in [6.07, 6.45) is 3.38. The normalized spacial score (nSPS) is 10.8. The summed E-state index contributed by atoms with van der Waals surface area (Å²) < 4.78 is 5.81. The van der Waals surface area contributed by atoms with Crippen LogP contribution in [0.25, 0.3) is 22.4 Å². The molecule has 2 aromatic heterocycles. The number of H-pyrrole nitrogens is 1. The first-order valence-corrected chi connectivity index (χ1v) is 7.45. The molecule has 0 aliphatic rings. The summed E-state index contributed by atoms with van der Waals surface area (Å²) in [6, 6.07) is 20.2. The van der Waals surface area contributed by atoms with Crippen LogP contribution < -0.4 is 4.74 Å². The Morgan fingerprint density at radius 2 is 1.65 bits per heavy atom. The fourth-order valence-corrected chi connectivity index (χ4v) is 2.48. The molecule has 0 fully saturated rings. The molecule has 23 heavy (non-hydrogen) atoms. The second kappa shape index (κ2) is 5.93. The molecule has 1 N–H and O–H groups in total. The smallest absolute Gasteiger partial charge is 0.156 e. The van der Waals surface area contributed by atoms with Crippen molar-refractivity contribution < 1.29 is 4.74 Å². The molecule has 112 valence electrons. The van der Waals surface area contributed by atoms with Crippen molar-refractivity contribution in [2.45, 2.75) is 6.61 Å². The summed E-state index contributed by atoms with van der Waals surface area (Å²) in [5, 5.41) is 0. The summed E-state index contributed by atoms with van der Waals surface area (Å²) in [5.41, 5.74) is 4.90. The van der Waals surface area contributed by atoms with Crippen LogP contribution in [0.5, 0.6) is 5.75 Å². The van der Waals surface area contributed by atoms with Gasteiger partial charge in [0.2, 0.25) is 0 Å². The third-order valence-electron chi connectivity index (χ3n) is 3.67. The number of aromatic amines is 1. The Bertz CT molecular complexity index is 881. The van der Waals surface area contributed by atoms with Crippen molar-refractivity contribution in [3.8, 4) is 17.0 Å². The second-order valence-corrected chi connectivity index (χ2v) is 5.27. The van der Waals surface area contributed by atoms with Crippen molar-refractivity contribution in [1.82, 2.24) is 15.0 Å². The molecule has 0 radical (unpaired) electrons. The van der Waals surface area contributed by atoms with Crippen LogP contribution >= 0.6 is 0 Å². The maximum Gasteiger partial charge on any atom is 0.156 e. The fraction of sp³-hybridized carbons (Fsp3) is 0.0526. The molecular weight excluding hydrogens is 286 g/mol. The molecule has 0 saturated carbocycles. The average Bonchev–Trinajstić information content (AvgIpc) is 3.05. The van der Waals surface area contributed by atoms with Crippen molar-refractivity contribution in [3.05, 3.63) is 78.6 Å². The number of hydrogen-bond acceptors (Lipinski definition) is 3. The lowest BCUT2D eigenvalue weighted by Gasteiger charge is -2.07. The van der Waals surface area contributed by atoms with E-state index in [2.05, 4.69) is 27.1 Å². The van der Waals surface area contributed by atoms with Crippen LogP contribution in [0.4, 0.5) is 0 Å². The Labute approximate surface area is 133 Å². The van der Waals surface area contributed by atoms with Gasteiger partial charge in [-0.1, -0.05) is 30.3 Å². The number of fused-ring (bicyclic) bond motifs is 1. The first-order chi connectivity index (χ1) is 11.4. The zero-order chi connectivity index (χ0) is 15.5. The molecule has 0 aliphatic heterocycles. The predicted molar refractivity (Wildman–Crippen MR) is 90.1 cm³/mol. The van der Waals surface area contributed by atoms with Gasteiger partial charge in [-0.3, -0.25) is 4.98 Å². The first-order valence-electron chi connectivity index (χ1n) is 7.45. The van der Waals surface area contributed by atoms with E-state index < -0.39 is 0 Å². The zero-order valence-corrected chi connectivity index (χ0v) is 12.4. The molecule has 4 rings (SSSR count). The van der Waals surface area contributed by atoms with Crippen molar-refractivity contribution >= 4 is 11.2 Å². The number of benzene rings is 2. The van der Waals surface area contributed by atoms with E-state index in [1.54, 1.807) is 12.4 Å². The highest BCUT2D eigenvalue weighted by atomic mass is 16.5. The molecule has 2 aromatic carbocycles. The first kappa shape index (κ1) is 13.5. The van der Waals surface area contributed by atoms with Crippen molar-refractivity contribution in [1.29, 1.82) is 0 Å². The Hall–Kier alpha value is -3.14. The van der Waals surface area contributed by atoms with Crippen LogP contribution in [0.15, 0.2) is 73.1 Å². The molecule has 0 amide bonds. The summed E-state index contributed by atoms with van der Waals surface area (Å²) in [5.74, 6) is 0.852. The molecule has 4 heteroatoms. The largest absolute Gasteiger partial charge is 0.489 e. The summed E-state index contributed by atoms with van der Waals surface area (Å²) in [4.78, 5) is 11.8. The Morgan fingerprint density at radius 1 is 0.870 bits per heavy atom. The lowest BCUT2D eigenvalue weighted by atomic mass is 10.1. The van der Waals surface area contributed by atoms with Gasteiger partial charge in [0.1, 0.15) is 17.9 Å². The van der Waals surface area contributed by atoms with Gasteiger partial charge in [0.05, 0.1) is 0 Å². The third-order valence-corrected chi connectivity index (χ3v) is 3.67. The second-order valence-electron chi connectivity index (χ2n) is 5.27. The van der Waals surface area contributed by atoms with Crippen molar-refractivity contribution in [2.75, 3.05) is 0 Å². The van der Waals surface area contributed by atoms with E-state index in [-0.39, 0.29) is 0 Å². The highest BCUT2D eigenvalue weighted by molar-refractivity contribution is 5.79. The molecule has 0 spiro atoms. The SMILES string of the molecule is c1ccc(COc2ccc(-c3cc4nccnc4[nH]3)cc2)cc1. The van der Waals surface area contributed by atoms with Gasteiger partial charge in [-0.25, -0.2) is 4.98 Å². The minimum absolute atomic E-state index is 0.570. The van der Waals surface area contributed by atoms with Gasteiger partial charge in [-0.05, 0) is 41.5 Å². The summed E-state index contributed by atoms with van der Waals surface area (Å²) in [7, 11) is 0. The van der Waals surface area contributed by atoms with E-state index in [1.165, 1.54) is 0 Å². The molecule has 0 aliphatic carbocycles. The van der Waals surface area contributed by atoms with Gasteiger partial charge < -0.3 is 9.72 Å². The number of aromatic nitrogens is 3. The van der Waals surface area contributed by atoms with Gasteiger partial charge >= 0.3 is 0 Å². The lowest BCUT2D eigenvalue weighted by Crippen LogP contribution is -1.94. The van der Waals surface area contributed by atoms with Crippen LogP contribution in [0.1, 0.15) is 5.56 Å². The van der Waals surface area contributed by atoms with E-state index in [0.717, 1.165) is 33.7 Å². The topological polar surface area (TPSA) is 50.8 Å². The highest BCUT2D eigenvalue weighted by Crippen LogP contribution is 2.24. The van der Waals surface area contributed by atoms with Gasteiger partial charge in [0, 0.05) is 18.1 Å². The highest BCUT2D eigenvalue weighted by Gasteiger charge is 2.05. The Morgan fingerprint density at radius 3 is 2.43 bits per heavy atom. The number of ether oxygens (including phenoxy) is 1. The number of nitrogens with zero attached hydrogens (tertiary/aromatic N) is 2. The minimum Gasteiger partial charge on any atom is -0.489 e. The van der Waals surface area contributed by atoms with E-state index >= 15 is 0 Å². The van der Waals surface area contributed by atoms with E-state index in [9.17, 15) is 0 Å². The van der Waals surface area contributed by atoms with E-state index in [0.29, 0.717) is 6.61 Å². The molecular formula is C19H15N3O. The molecule has 0 bridgehead atoms. The van der Waals surface area contributed by atoms with Crippen LogP contribution in [-0.4, -0.2) is 15.0 Å². The van der Waals surface area contributed by atoms with Crippen molar-refractivity contribution in [3.63, 3.8) is 0 Å². The van der Waals surface area contributed by atoms with Crippen LogP contribution in [-0.2, 0) is 6.61 Å². The minimum atomic E-state index is 0.570. The maximum absolute atomic E-state index is 5.81. The van der Waals surface area contributed by atoms with Crippen LogP contribution in [0.3, 0.4) is 0 Å². The Kier molecular flexibility index (Phi) is 3.48. The average molecular weight is 301 g/mol. The quantitative estimate of drug-likeness (QED) is 0.614. The fourth-order valence-electron chi connectivity index (χ4n) is 2.48. The molecule has 4 nitrogen and oxygen atoms in total. The molecule has 0 saturated heterocycles. The van der Waals surface area contributed by atoms with Gasteiger partial charge in [0.15, 0.2) is 5.65 Å². The van der Waals surface area contributed by atoms with Gasteiger partial charge in [-0.2, -0.15) is 0 Å². The molecule has 0 unspecified atom stereocenters.